The van der Waals surface area contributed by atoms with Gasteiger partial charge < -0.3 is 5.73 Å². The van der Waals surface area contributed by atoms with Gasteiger partial charge in [0.25, 0.3) is 5.91 Å². The first-order chi connectivity index (χ1) is 14.5. The molecule has 6 rings (SSSR count). The molecule has 3 aliphatic rings. The molecule has 1 fully saturated rings. The van der Waals surface area contributed by atoms with Crippen LogP contribution < -0.4 is 5.73 Å². The highest BCUT2D eigenvalue weighted by Crippen LogP contribution is 2.47. The molecule has 2 aromatic carbocycles. The monoisotopic (exact) mass is 406 g/mol. The van der Waals surface area contributed by atoms with Gasteiger partial charge in [-0.3, -0.25) is 9.69 Å². The number of nitrogens with zero attached hydrogens (tertiary/aromatic N) is 3. The molecule has 3 aromatic rings. The van der Waals surface area contributed by atoms with E-state index in [1.807, 2.05) is 6.07 Å². The van der Waals surface area contributed by atoms with Crippen LogP contribution >= 0.6 is 0 Å². The molecule has 1 aromatic heterocycles. The molecule has 0 spiro atoms. The second-order valence-electron chi connectivity index (χ2n) is 8.03. The standard InChI is InChI=1S/C23H20F2N4O/c24-18-4-2-16(12-19(18)25)23-7-9-29(10-8-23)13-15-11-14(1-3-17(15)23)20-5-6-21(22(26)30)28-27-20/h1-6,11-12H,7-10,13H2,(H2,26,30). The van der Waals surface area contributed by atoms with Crippen LogP contribution in [0.1, 0.15) is 40.0 Å². The van der Waals surface area contributed by atoms with Gasteiger partial charge in [0.1, 0.15) is 0 Å². The maximum atomic E-state index is 14.1. The number of halogens is 2. The third-order valence-electron chi connectivity index (χ3n) is 6.41. The summed E-state index contributed by atoms with van der Waals surface area (Å²) >= 11 is 0. The molecule has 1 amide bonds. The van der Waals surface area contributed by atoms with Crippen LogP contribution in [0.3, 0.4) is 0 Å². The van der Waals surface area contributed by atoms with E-state index >= 15 is 0 Å². The first-order valence-corrected chi connectivity index (χ1v) is 9.91. The quantitative estimate of drug-likeness (QED) is 0.724. The number of carbonyl (C=O) groups excluding carboxylic acids is 1. The highest BCUT2D eigenvalue weighted by atomic mass is 19.2. The number of carbonyl (C=O) groups is 1. The maximum Gasteiger partial charge on any atom is 0.269 e. The fourth-order valence-corrected chi connectivity index (χ4v) is 4.81. The van der Waals surface area contributed by atoms with Gasteiger partial charge in [0.2, 0.25) is 0 Å². The van der Waals surface area contributed by atoms with Gasteiger partial charge in [-0.1, -0.05) is 18.2 Å². The van der Waals surface area contributed by atoms with Crippen molar-refractivity contribution in [3.63, 3.8) is 0 Å². The number of nitrogens with two attached hydrogens (primary N) is 1. The zero-order chi connectivity index (χ0) is 20.9. The number of hydrogen-bond acceptors (Lipinski definition) is 4. The Morgan fingerprint density at radius 3 is 2.43 bits per heavy atom. The number of primary amides is 1. The van der Waals surface area contributed by atoms with E-state index in [-0.39, 0.29) is 11.1 Å². The lowest BCUT2D eigenvalue weighted by molar-refractivity contribution is 0.0994. The topological polar surface area (TPSA) is 72.1 Å². The summed E-state index contributed by atoms with van der Waals surface area (Å²) in [6, 6.07) is 13.7. The molecule has 2 N–H and O–H groups in total. The lowest BCUT2D eigenvalue weighted by atomic mass is 9.68. The van der Waals surface area contributed by atoms with Crippen molar-refractivity contribution in [2.75, 3.05) is 13.1 Å². The van der Waals surface area contributed by atoms with Crippen molar-refractivity contribution in [3.05, 3.63) is 82.5 Å². The van der Waals surface area contributed by atoms with Crippen LogP contribution in [0.4, 0.5) is 8.78 Å². The second-order valence-corrected chi connectivity index (χ2v) is 8.03. The van der Waals surface area contributed by atoms with Gasteiger partial charge in [-0.25, -0.2) is 8.78 Å². The van der Waals surface area contributed by atoms with Crippen molar-refractivity contribution in [1.29, 1.82) is 0 Å². The summed E-state index contributed by atoms with van der Waals surface area (Å²) in [4.78, 5) is 13.6. The normalized spacial score (nSPS) is 22.4. The minimum Gasteiger partial charge on any atom is -0.364 e. The van der Waals surface area contributed by atoms with Crippen molar-refractivity contribution in [2.24, 2.45) is 5.73 Å². The lowest BCUT2D eigenvalue weighted by Gasteiger charge is -2.39. The van der Waals surface area contributed by atoms with Crippen LogP contribution in [0.2, 0.25) is 0 Å². The molecule has 0 atom stereocenters. The lowest BCUT2D eigenvalue weighted by Crippen LogP contribution is -2.39. The van der Waals surface area contributed by atoms with Crippen molar-refractivity contribution >= 4 is 5.91 Å². The third-order valence-corrected chi connectivity index (χ3v) is 6.41. The Morgan fingerprint density at radius 2 is 1.77 bits per heavy atom. The fourth-order valence-electron chi connectivity index (χ4n) is 4.81. The van der Waals surface area contributed by atoms with Gasteiger partial charge >= 0.3 is 0 Å². The van der Waals surface area contributed by atoms with E-state index in [0.29, 0.717) is 5.69 Å². The molecule has 152 valence electrons. The minimum atomic E-state index is -0.824. The molecule has 2 bridgehead atoms. The molecule has 3 aliphatic heterocycles. The van der Waals surface area contributed by atoms with Gasteiger partial charge in [0, 0.05) is 17.5 Å². The molecular weight excluding hydrogens is 386 g/mol. The Bertz CT molecular complexity index is 1140. The molecular formula is C23H20F2N4O. The van der Waals surface area contributed by atoms with Crippen LogP contribution in [-0.2, 0) is 12.0 Å². The van der Waals surface area contributed by atoms with Crippen LogP contribution in [-0.4, -0.2) is 34.1 Å². The van der Waals surface area contributed by atoms with Gasteiger partial charge in [0.05, 0.1) is 5.69 Å². The second kappa shape index (κ2) is 6.95. The summed E-state index contributed by atoms with van der Waals surface area (Å²) in [6.07, 6.45) is 1.72. The number of rotatable bonds is 3. The summed E-state index contributed by atoms with van der Waals surface area (Å²) < 4.78 is 27.6. The number of fused-ring (bicyclic) bond motifs is 2. The van der Waals surface area contributed by atoms with Crippen LogP contribution in [0.25, 0.3) is 11.3 Å². The molecule has 4 heterocycles. The first-order valence-electron chi connectivity index (χ1n) is 9.91. The number of piperidine rings is 1. The van der Waals surface area contributed by atoms with Crippen molar-refractivity contribution in [1.82, 2.24) is 15.1 Å². The smallest absolute Gasteiger partial charge is 0.269 e. The van der Waals surface area contributed by atoms with E-state index in [0.717, 1.165) is 54.7 Å². The van der Waals surface area contributed by atoms with Crippen molar-refractivity contribution < 1.29 is 13.6 Å². The molecule has 5 nitrogen and oxygen atoms in total. The van der Waals surface area contributed by atoms with Crippen LogP contribution in [0.15, 0.2) is 48.5 Å². The Labute approximate surface area is 172 Å². The highest BCUT2D eigenvalue weighted by molar-refractivity contribution is 5.90. The zero-order valence-corrected chi connectivity index (χ0v) is 16.2. The Hall–Kier alpha value is -3.19. The van der Waals surface area contributed by atoms with Gasteiger partial charge in [-0.15, -0.1) is 10.2 Å². The Balaban J connectivity index is 1.61. The number of hydrogen-bond donors (Lipinski definition) is 1. The fraction of sp³-hybridized carbons (Fsp3) is 0.261. The number of benzene rings is 2. The molecule has 0 saturated carbocycles. The van der Waals surface area contributed by atoms with Crippen LogP contribution in [0.5, 0.6) is 0 Å². The van der Waals surface area contributed by atoms with Gasteiger partial charge in [0.15, 0.2) is 17.3 Å². The molecule has 0 aliphatic carbocycles. The predicted octanol–water partition coefficient (Wildman–Crippen LogP) is 3.42. The van der Waals surface area contributed by atoms with E-state index in [1.165, 1.54) is 12.1 Å². The Morgan fingerprint density at radius 1 is 0.967 bits per heavy atom. The summed E-state index contributed by atoms with van der Waals surface area (Å²) in [6.45, 7) is 2.59. The Kier molecular flexibility index (Phi) is 4.36. The summed E-state index contributed by atoms with van der Waals surface area (Å²) in [5.74, 6) is -2.25. The minimum absolute atomic E-state index is 0.120. The third kappa shape index (κ3) is 2.97. The molecule has 30 heavy (non-hydrogen) atoms. The molecule has 1 saturated heterocycles. The van der Waals surface area contributed by atoms with E-state index < -0.39 is 17.5 Å². The highest BCUT2D eigenvalue weighted by Gasteiger charge is 2.42. The van der Waals surface area contributed by atoms with E-state index in [1.54, 1.807) is 18.2 Å². The predicted molar refractivity (Wildman–Crippen MR) is 108 cm³/mol. The summed E-state index contributed by atoms with van der Waals surface area (Å²) in [5.41, 5.74) is 9.68. The number of amides is 1. The van der Waals surface area contributed by atoms with Crippen molar-refractivity contribution in [3.8, 4) is 11.3 Å². The summed E-state index contributed by atoms with van der Waals surface area (Å²) in [7, 11) is 0. The maximum absolute atomic E-state index is 14.1. The van der Waals surface area contributed by atoms with E-state index in [9.17, 15) is 13.6 Å². The van der Waals surface area contributed by atoms with Gasteiger partial charge in [-0.05, 0) is 73.0 Å². The SMILES string of the molecule is NC(=O)c1ccc(-c2ccc3c(c2)CN2CCC3(c3ccc(F)c(F)c3)CC2)nn1. The van der Waals surface area contributed by atoms with E-state index in [4.69, 9.17) is 5.73 Å². The average molecular weight is 406 g/mol. The summed E-state index contributed by atoms with van der Waals surface area (Å²) in [5, 5.41) is 8.03. The largest absolute Gasteiger partial charge is 0.364 e. The molecule has 0 unspecified atom stereocenters. The molecule has 0 radical (unpaired) electrons. The average Bonchev–Trinajstić information content (AvgIpc) is 3.02. The number of aromatic nitrogens is 2. The van der Waals surface area contributed by atoms with Crippen LogP contribution in [0, 0.1) is 11.6 Å². The van der Waals surface area contributed by atoms with E-state index in [2.05, 4.69) is 27.2 Å². The van der Waals surface area contributed by atoms with Crippen molar-refractivity contribution in [2.45, 2.75) is 24.8 Å². The molecule has 7 heteroatoms. The first kappa shape index (κ1) is 18.8. The zero-order valence-electron chi connectivity index (χ0n) is 16.2. The van der Waals surface area contributed by atoms with Gasteiger partial charge in [-0.2, -0.15) is 0 Å².